The Balaban J connectivity index is 2.34. The van der Waals surface area contributed by atoms with Crippen LogP contribution < -0.4 is 0 Å². The lowest BCUT2D eigenvalue weighted by Gasteiger charge is -1.89. The Bertz CT molecular complexity index is 126. The van der Waals surface area contributed by atoms with E-state index >= 15 is 0 Å². The zero-order valence-electron chi connectivity index (χ0n) is 5.09. The molecule has 1 heterocycles. The lowest BCUT2D eigenvalue weighted by Crippen LogP contribution is -1.87. The molecule has 1 aliphatic heterocycles. The van der Waals surface area contributed by atoms with E-state index in [1.165, 1.54) is 12.1 Å². The summed E-state index contributed by atoms with van der Waals surface area (Å²) in [6.07, 6.45) is 4.37. The van der Waals surface area contributed by atoms with Gasteiger partial charge in [0, 0.05) is 5.71 Å². The van der Waals surface area contributed by atoms with Crippen LogP contribution in [0.5, 0.6) is 0 Å². The van der Waals surface area contributed by atoms with E-state index in [0.29, 0.717) is 0 Å². The molecule has 0 spiro atoms. The Morgan fingerprint density at radius 1 is 1.75 bits per heavy atom. The van der Waals surface area contributed by atoms with Crippen LogP contribution in [0.25, 0.3) is 0 Å². The van der Waals surface area contributed by atoms with Gasteiger partial charge in [0.25, 0.3) is 0 Å². The first kappa shape index (κ1) is 5.61. The van der Waals surface area contributed by atoms with E-state index in [4.69, 9.17) is 0 Å². The minimum Gasteiger partial charge on any atom is -0.347 e. The molecule has 0 saturated heterocycles. The molecule has 0 fully saturated rings. The van der Waals surface area contributed by atoms with E-state index in [1.54, 1.807) is 0 Å². The standard InChI is InChI=1S/C6H9BN/c1-2-3-6-4-5-7-8-6/h4-5H,2-3H2,1H3. The first-order chi connectivity index (χ1) is 3.93. The number of allylic oxidation sites excluding steroid dienone is 1. The Hall–Kier alpha value is -0.525. The van der Waals surface area contributed by atoms with E-state index in [-0.39, 0.29) is 0 Å². The van der Waals surface area contributed by atoms with Crippen molar-refractivity contribution in [3.05, 3.63) is 12.1 Å². The van der Waals surface area contributed by atoms with Crippen LogP contribution in [0.1, 0.15) is 19.8 Å². The minimum atomic E-state index is 1.12. The zero-order valence-corrected chi connectivity index (χ0v) is 5.09. The minimum absolute atomic E-state index is 1.12. The van der Waals surface area contributed by atoms with Crippen LogP contribution in [0.4, 0.5) is 0 Å². The van der Waals surface area contributed by atoms with Gasteiger partial charge in [0.05, 0.1) is 0 Å². The van der Waals surface area contributed by atoms with E-state index in [1.807, 2.05) is 13.4 Å². The highest BCUT2D eigenvalue weighted by molar-refractivity contribution is 6.46. The number of nitrogens with zero attached hydrogens (tertiary/aromatic N) is 1. The quantitative estimate of drug-likeness (QED) is 0.471. The average molecular weight is 106 g/mol. The lowest BCUT2D eigenvalue weighted by molar-refractivity contribution is 0.999. The molecule has 1 aliphatic rings. The molecule has 0 aromatic carbocycles. The smallest absolute Gasteiger partial charge is 0.304 e. The van der Waals surface area contributed by atoms with Gasteiger partial charge in [-0.2, -0.15) is 0 Å². The van der Waals surface area contributed by atoms with Crippen LogP contribution in [-0.4, -0.2) is 13.1 Å². The molecule has 0 saturated carbocycles. The van der Waals surface area contributed by atoms with Gasteiger partial charge in [0.15, 0.2) is 0 Å². The first-order valence-corrected chi connectivity index (χ1v) is 3.00. The van der Waals surface area contributed by atoms with Gasteiger partial charge in [-0.25, -0.2) is 0 Å². The summed E-state index contributed by atoms with van der Waals surface area (Å²) in [5, 5.41) is 0. The largest absolute Gasteiger partial charge is 0.347 e. The van der Waals surface area contributed by atoms with Crippen molar-refractivity contribution in [2.24, 2.45) is 4.90 Å². The molecule has 0 unspecified atom stereocenters. The summed E-state index contributed by atoms with van der Waals surface area (Å²) in [6.45, 7) is 2.16. The van der Waals surface area contributed by atoms with Gasteiger partial charge in [-0.3, -0.25) is 0 Å². The molecule has 1 rings (SSSR count). The summed E-state index contributed by atoms with van der Waals surface area (Å²) in [6, 6.07) is 0. The molecule has 0 aromatic rings. The lowest BCUT2D eigenvalue weighted by atomic mass is 10.00. The van der Waals surface area contributed by atoms with Crippen LogP contribution in [0.3, 0.4) is 0 Å². The summed E-state index contributed by atoms with van der Waals surface area (Å²) in [5.74, 6) is 1.98. The summed E-state index contributed by atoms with van der Waals surface area (Å²) >= 11 is 0. The maximum atomic E-state index is 4.11. The van der Waals surface area contributed by atoms with Crippen LogP contribution in [-0.2, 0) is 0 Å². The van der Waals surface area contributed by atoms with E-state index < -0.39 is 0 Å². The fourth-order valence-corrected chi connectivity index (χ4v) is 0.740. The Morgan fingerprint density at radius 2 is 2.62 bits per heavy atom. The third-order valence-electron chi connectivity index (χ3n) is 1.12. The second kappa shape index (κ2) is 2.70. The Kier molecular flexibility index (Phi) is 1.89. The van der Waals surface area contributed by atoms with Crippen molar-refractivity contribution >= 4 is 13.1 Å². The Morgan fingerprint density at radius 3 is 3.12 bits per heavy atom. The second-order valence-electron chi connectivity index (χ2n) is 1.88. The normalized spacial score (nSPS) is 15.9. The molecule has 0 amide bonds. The Labute approximate surface area is 50.8 Å². The molecular formula is C6H9BN. The molecule has 0 atom stereocenters. The third-order valence-corrected chi connectivity index (χ3v) is 1.12. The van der Waals surface area contributed by atoms with Crippen molar-refractivity contribution in [2.45, 2.75) is 19.8 Å². The fourth-order valence-electron chi connectivity index (χ4n) is 0.740. The SMILES string of the molecule is CCCC1=N[B]C=C1. The molecule has 41 valence electrons. The maximum absolute atomic E-state index is 4.11. The molecule has 1 nitrogen and oxygen atoms in total. The summed E-state index contributed by atoms with van der Waals surface area (Å²) < 4.78 is 0. The maximum Gasteiger partial charge on any atom is 0.304 e. The molecule has 0 N–H and O–H groups in total. The van der Waals surface area contributed by atoms with Crippen LogP contribution in [0.15, 0.2) is 17.0 Å². The zero-order chi connectivity index (χ0) is 5.82. The van der Waals surface area contributed by atoms with Gasteiger partial charge < -0.3 is 4.90 Å². The molecule has 1 radical (unpaired) electrons. The third kappa shape index (κ3) is 1.22. The number of hydrogen-bond donors (Lipinski definition) is 0. The monoisotopic (exact) mass is 106 g/mol. The average Bonchev–Trinajstić information content (AvgIpc) is 2.19. The number of rotatable bonds is 2. The highest BCUT2D eigenvalue weighted by Crippen LogP contribution is 1.98. The van der Waals surface area contributed by atoms with Gasteiger partial charge >= 0.3 is 7.41 Å². The van der Waals surface area contributed by atoms with Crippen LogP contribution in [0, 0.1) is 0 Å². The highest BCUT2D eigenvalue weighted by Gasteiger charge is 1.96. The van der Waals surface area contributed by atoms with Gasteiger partial charge in [-0.1, -0.05) is 25.4 Å². The van der Waals surface area contributed by atoms with Crippen molar-refractivity contribution in [1.29, 1.82) is 0 Å². The summed E-state index contributed by atoms with van der Waals surface area (Å²) in [4.78, 5) is 4.11. The van der Waals surface area contributed by atoms with Gasteiger partial charge in [0.2, 0.25) is 0 Å². The molecule has 0 aliphatic carbocycles. The number of hydrogen-bond acceptors (Lipinski definition) is 1. The van der Waals surface area contributed by atoms with Crippen molar-refractivity contribution < 1.29 is 0 Å². The van der Waals surface area contributed by atoms with E-state index in [2.05, 4.69) is 17.9 Å². The van der Waals surface area contributed by atoms with Crippen molar-refractivity contribution in [2.75, 3.05) is 0 Å². The van der Waals surface area contributed by atoms with Crippen molar-refractivity contribution in [1.82, 2.24) is 0 Å². The van der Waals surface area contributed by atoms with E-state index in [9.17, 15) is 0 Å². The van der Waals surface area contributed by atoms with Crippen molar-refractivity contribution in [3.63, 3.8) is 0 Å². The predicted octanol–water partition coefficient (Wildman–Crippen LogP) is 1.37. The van der Waals surface area contributed by atoms with Gasteiger partial charge in [-0.15, -0.1) is 0 Å². The molecule has 0 bridgehead atoms. The van der Waals surface area contributed by atoms with Gasteiger partial charge in [-0.05, 0) is 6.42 Å². The molecule has 2 heteroatoms. The van der Waals surface area contributed by atoms with Gasteiger partial charge in [0.1, 0.15) is 0 Å². The molecule has 8 heavy (non-hydrogen) atoms. The molecular weight excluding hydrogens is 96.9 g/mol. The summed E-state index contributed by atoms with van der Waals surface area (Å²) in [5.41, 5.74) is 1.22. The highest BCUT2D eigenvalue weighted by atomic mass is 14.6. The summed E-state index contributed by atoms with van der Waals surface area (Å²) in [7, 11) is 1.84. The second-order valence-corrected chi connectivity index (χ2v) is 1.88. The van der Waals surface area contributed by atoms with Crippen molar-refractivity contribution in [3.8, 4) is 0 Å². The fraction of sp³-hybridized carbons (Fsp3) is 0.500. The van der Waals surface area contributed by atoms with E-state index in [0.717, 1.165) is 6.42 Å². The first-order valence-electron chi connectivity index (χ1n) is 3.00. The van der Waals surface area contributed by atoms with Crippen LogP contribution >= 0.6 is 0 Å². The molecule has 0 aromatic heterocycles. The van der Waals surface area contributed by atoms with Crippen LogP contribution in [0.2, 0.25) is 0 Å². The predicted molar refractivity (Wildman–Crippen MR) is 37.2 cm³/mol. The topological polar surface area (TPSA) is 12.4 Å².